The molecule has 1 heterocycles. The zero-order chi connectivity index (χ0) is 7.68. The first kappa shape index (κ1) is 9.86. The van der Waals surface area contributed by atoms with Gasteiger partial charge in [0.25, 0.3) is 0 Å². The molecule has 0 N–H and O–H groups in total. The summed E-state index contributed by atoms with van der Waals surface area (Å²) >= 11 is 1.36. The minimum atomic E-state index is 0. The Morgan fingerprint density at radius 3 is 2.83 bits per heavy atom. The Balaban J connectivity index is 0.000000720. The molecule has 1 aromatic carbocycles. The van der Waals surface area contributed by atoms with Crippen molar-refractivity contribution in [2.24, 2.45) is 0 Å². The Morgan fingerprint density at radius 2 is 2.08 bits per heavy atom. The maximum absolute atomic E-state index is 10.4. The van der Waals surface area contributed by atoms with Crippen LogP contribution in [-0.4, -0.2) is 40.2 Å². The third-order valence-corrected chi connectivity index (χ3v) is 2.36. The summed E-state index contributed by atoms with van der Waals surface area (Å²) in [4.78, 5) is 10.4. The zero-order valence-corrected chi connectivity index (χ0v) is 6.47. The molecule has 2 rings (SSSR count). The van der Waals surface area contributed by atoms with Gasteiger partial charge in [0.2, 0.25) is 0 Å². The van der Waals surface area contributed by atoms with Crippen LogP contribution in [-0.2, 0) is 0 Å². The van der Waals surface area contributed by atoms with Crippen LogP contribution in [0.5, 0.6) is 0 Å². The van der Waals surface area contributed by atoms with Crippen LogP contribution in [0.3, 0.4) is 0 Å². The molecule has 0 bridgehead atoms. The van der Waals surface area contributed by atoms with E-state index in [1.54, 1.807) is 0 Å². The van der Waals surface area contributed by atoms with Gasteiger partial charge in [-0.25, -0.2) is 0 Å². The van der Waals surface area contributed by atoms with E-state index in [0.717, 1.165) is 16.4 Å². The van der Waals surface area contributed by atoms with Gasteiger partial charge in [0, 0.05) is 5.39 Å². The van der Waals surface area contributed by atoms with Crippen molar-refractivity contribution in [3.8, 4) is 0 Å². The van der Waals surface area contributed by atoms with E-state index < -0.39 is 0 Å². The number of hydrogen-bond acceptors (Lipinski definition) is 3. The second-order valence-electron chi connectivity index (χ2n) is 2.18. The molecule has 0 aliphatic rings. The van der Waals surface area contributed by atoms with Crippen LogP contribution < -0.4 is 0 Å². The van der Waals surface area contributed by atoms with E-state index in [2.05, 4.69) is 4.37 Å². The van der Waals surface area contributed by atoms with E-state index in [-0.39, 0.29) is 29.6 Å². The summed E-state index contributed by atoms with van der Waals surface area (Å²) in [6.07, 6.45) is 0.791. The van der Waals surface area contributed by atoms with Crippen LogP contribution in [0.1, 0.15) is 10.5 Å². The van der Waals surface area contributed by atoms with Gasteiger partial charge in [-0.3, -0.25) is 4.79 Å². The number of aldehydes is 1. The van der Waals surface area contributed by atoms with Crippen LogP contribution in [0.4, 0.5) is 0 Å². The summed E-state index contributed by atoms with van der Waals surface area (Å²) in [5.74, 6) is 0. The SMILES string of the molecule is O=Cc1nsc2ccccc12.[NaH]. The van der Waals surface area contributed by atoms with Crippen molar-refractivity contribution in [1.29, 1.82) is 0 Å². The molecule has 0 aliphatic heterocycles. The molecule has 0 atom stereocenters. The van der Waals surface area contributed by atoms with Gasteiger partial charge in [-0.2, -0.15) is 4.37 Å². The Kier molecular flexibility index (Phi) is 3.40. The number of benzene rings is 1. The fourth-order valence-electron chi connectivity index (χ4n) is 0.990. The van der Waals surface area contributed by atoms with E-state index in [9.17, 15) is 4.79 Å². The molecule has 1 aromatic heterocycles. The molecule has 0 saturated carbocycles. The van der Waals surface area contributed by atoms with Gasteiger partial charge >= 0.3 is 29.6 Å². The molecule has 0 aliphatic carbocycles. The van der Waals surface area contributed by atoms with Crippen molar-refractivity contribution in [2.45, 2.75) is 0 Å². The minimum absolute atomic E-state index is 0. The summed E-state index contributed by atoms with van der Waals surface area (Å²) in [5.41, 5.74) is 0.547. The summed E-state index contributed by atoms with van der Waals surface area (Å²) < 4.78 is 5.05. The van der Waals surface area contributed by atoms with Crippen molar-refractivity contribution in [3.05, 3.63) is 30.0 Å². The normalized spacial score (nSPS) is 9.33. The molecule has 0 amide bonds. The van der Waals surface area contributed by atoms with Gasteiger partial charge in [0.15, 0.2) is 6.29 Å². The molecule has 0 fully saturated rings. The zero-order valence-electron chi connectivity index (χ0n) is 5.65. The summed E-state index contributed by atoms with van der Waals surface area (Å²) in [7, 11) is 0. The van der Waals surface area contributed by atoms with Gasteiger partial charge in [0.05, 0.1) is 4.70 Å². The van der Waals surface area contributed by atoms with Gasteiger partial charge in [0.1, 0.15) is 5.69 Å². The second kappa shape index (κ2) is 4.14. The first-order chi connectivity index (χ1) is 5.42. The number of aromatic nitrogens is 1. The molecule has 0 saturated heterocycles. The summed E-state index contributed by atoms with van der Waals surface area (Å²) in [5, 5.41) is 0.951. The van der Waals surface area contributed by atoms with E-state index in [1.165, 1.54) is 11.5 Å². The average Bonchev–Trinajstić information content (AvgIpc) is 2.47. The van der Waals surface area contributed by atoms with Crippen LogP contribution in [0.25, 0.3) is 10.1 Å². The third kappa shape index (κ3) is 1.59. The topological polar surface area (TPSA) is 30.0 Å². The fraction of sp³-hybridized carbons (Fsp3) is 0. The first-order valence-electron chi connectivity index (χ1n) is 3.21. The van der Waals surface area contributed by atoms with Crippen molar-refractivity contribution in [3.63, 3.8) is 0 Å². The Bertz CT molecular complexity index is 399. The predicted octanol–water partition coefficient (Wildman–Crippen LogP) is 1.46. The third-order valence-electron chi connectivity index (χ3n) is 1.52. The molecule has 0 radical (unpaired) electrons. The van der Waals surface area contributed by atoms with Gasteiger partial charge in [-0.1, -0.05) is 18.2 Å². The Morgan fingerprint density at radius 1 is 1.33 bits per heavy atom. The van der Waals surface area contributed by atoms with Crippen LogP contribution in [0.2, 0.25) is 0 Å². The molecule has 12 heavy (non-hydrogen) atoms. The van der Waals surface area contributed by atoms with Gasteiger partial charge in [-0.05, 0) is 17.6 Å². The average molecular weight is 187 g/mol. The number of carbonyl (C=O) groups is 1. The van der Waals surface area contributed by atoms with Crippen LogP contribution in [0.15, 0.2) is 24.3 Å². The van der Waals surface area contributed by atoms with E-state index in [1.807, 2.05) is 24.3 Å². The Labute approximate surface area is 96.1 Å². The number of fused-ring (bicyclic) bond motifs is 1. The van der Waals surface area contributed by atoms with Crippen molar-refractivity contribution in [1.82, 2.24) is 4.37 Å². The fourth-order valence-corrected chi connectivity index (χ4v) is 1.74. The van der Waals surface area contributed by atoms with E-state index in [4.69, 9.17) is 0 Å². The molecular formula is C8H6NNaOS. The standard InChI is InChI=1S/C8H5NOS.Na.H/c10-5-7-6-3-1-2-4-8(6)11-9-7;;/h1-5H;;. The van der Waals surface area contributed by atoms with Crippen LogP contribution >= 0.6 is 11.5 Å². The monoisotopic (exact) mass is 187 g/mol. The van der Waals surface area contributed by atoms with Gasteiger partial charge in [-0.15, -0.1) is 0 Å². The molecular weight excluding hydrogens is 181 g/mol. The molecule has 0 spiro atoms. The summed E-state index contributed by atoms with van der Waals surface area (Å²) in [6, 6.07) is 7.71. The van der Waals surface area contributed by atoms with Gasteiger partial charge < -0.3 is 0 Å². The predicted molar refractivity (Wildman–Crippen MR) is 52.2 cm³/mol. The van der Waals surface area contributed by atoms with Crippen molar-refractivity contribution in [2.75, 3.05) is 0 Å². The summed E-state index contributed by atoms with van der Waals surface area (Å²) in [6.45, 7) is 0. The second-order valence-corrected chi connectivity index (χ2v) is 2.99. The van der Waals surface area contributed by atoms with Crippen molar-refractivity contribution < 1.29 is 4.79 Å². The molecule has 4 heteroatoms. The Hall–Kier alpha value is -0.220. The molecule has 2 aromatic rings. The molecule has 2 nitrogen and oxygen atoms in total. The van der Waals surface area contributed by atoms with E-state index in [0.29, 0.717) is 5.69 Å². The quantitative estimate of drug-likeness (QED) is 0.499. The first-order valence-corrected chi connectivity index (χ1v) is 3.99. The number of hydrogen-bond donors (Lipinski definition) is 0. The van der Waals surface area contributed by atoms with Crippen molar-refractivity contribution >= 4 is 57.5 Å². The van der Waals surface area contributed by atoms with E-state index >= 15 is 0 Å². The molecule has 0 unspecified atom stereocenters. The van der Waals surface area contributed by atoms with Crippen LogP contribution in [0, 0.1) is 0 Å². The number of rotatable bonds is 1. The number of carbonyl (C=O) groups excluding carboxylic acids is 1. The maximum atomic E-state index is 10.4. The number of nitrogens with zero attached hydrogens (tertiary/aromatic N) is 1. The molecule has 56 valence electrons.